The van der Waals surface area contributed by atoms with Crippen molar-refractivity contribution in [1.82, 2.24) is 4.90 Å². The predicted octanol–water partition coefficient (Wildman–Crippen LogP) is 4.49. The summed E-state index contributed by atoms with van der Waals surface area (Å²) in [7, 11) is 0. The molecular weight excluding hydrogens is 305 g/mol. The first kappa shape index (κ1) is 15.1. The van der Waals surface area contributed by atoms with Crippen LogP contribution in [0.3, 0.4) is 0 Å². The van der Waals surface area contributed by atoms with Gasteiger partial charge in [-0.1, -0.05) is 17.7 Å². The molecule has 1 fully saturated rings. The Hall–Kier alpha value is -1.81. The van der Waals surface area contributed by atoms with Crippen molar-refractivity contribution < 1.29 is 13.6 Å². The third kappa shape index (κ3) is 2.88. The average Bonchev–Trinajstić information content (AvgIpc) is 3.23. The number of amides is 1. The Morgan fingerprint density at radius 3 is 2.68 bits per heavy atom. The molecule has 1 aliphatic rings. The summed E-state index contributed by atoms with van der Waals surface area (Å²) in [5.74, 6) is 0.774. The summed E-state index contributed by atoms with van der Waals surface area (Å²) in [6.45, 7) is 3.75. The number of carbonyl (C=O) groups is 1. The molecule has 5 heteroatoms. The van der Waals surface area contributed by atoms with Gasteiger partial charge in [0, 0.05) is 16.6 Å². The summed E-state index contributed by atoms with van der Waals surface area (Å²) in [5, 5.41) is 0.346. The minimum Gasteiger partial charge on any atom is -0.466 e. The Morgan fingerprint density at radius 2 is 2.14 bits per heavy atom. The van der Waals surface area contributed by atoms with Crippen LogP contribution in [0.15, 0.2) is 28.7 Å². The van der Waals surface area contributed by atoms with Crippen LogP contribution in [0.4, 0.5) is 4.39 Å². The van der Waals surface area contributed by atoms with Crippen molar-refractivity contribution >= 4 is 17.5 Å². The van der Waals surface area contributed by atoms with E-state index in [2.05, 4.69) is 0 Å². The summed E-state index contributed by atoms with van der Waals surface area (Å²) in [4.78, 5) is 14.5. The molecule has 0 spiro atoms. The maximum Gasteiger partial charge on any atom is 0.257 e. The molecule has 0 radical (unpaired) electrons. The Morgan fingerprint density at radius 1 is 1.41 bits per heavy atom. The van der Waals surface area contributed by atoms with Crippen LogP contribution in [0.25, 0.3) is 0 Å². The predicted molar refractivity (Wildman–Crippen MR) is 82.5 cm³/mol. The monoisotopic (exact) mass is 321 g/mol. The molecule has 116 valence electrons. The number of halogens is 2. The van der Waals surface area contributed by atoms with Gasteiger partial charge in [0.2, 0.25) is 0 Å². The molecule has 1 amide bonds. The fraction of sp³-hybridized carbons (Fsp3) is 0.353. The van der Waals surface area contributed by atoms with E-state index >= 15 is 0 Å². The van der Waals surface area contributed by atoms with Gasteiger partial charge in [-0.2, -0.15) is 0 Å². The van der Waals surface area contributed by atoms with E-state index in [-0.39, 0.29) is 24.3 Å². The van der Waals surface area contributed by atoms with Gasteiger partial charge in [0.25, 0.3) is 5.91 Å². The van der Waals surface area contributed by atoms with E-state index in [1.807, 2.05) is 0 Å². The zero-order chi connectivity index (χ0) is 15.9. The van der Waals surface area contributed by atoms with Crippen LogP contribution < -0.4 is 0 Å². The molecule has 0 unspecified atom stereocenters. The Kier molecular flexibility index (Phi) is 3.96. The highest BCUT2D eigenvalue weighted by atomic mass is 35.5. The number of carbonyl (C=O) groups excluding carboxylic acids is 1. The van der Waals surface area contributed by atoms with E-state index in [9.17, 15) is 9.18 Å². The average molecular weight is 322 g/mol. The molecule has 0 atom stereocenters. The summed E-state index contributed by atoms with van der Waals surface area (Å²) < 4.78 is 19.4. The van der Waals surface area contributed by atoms with Gasteiger partial charge in [-0.25, -0.2) is 4.39 Å². The van der Waals surface area contributed by atoms with Crippen molar-refractivity contribution in [3.8, 4) is 0 Å². The second-order valence-electron chi connectivity index (χ2n) is 5.69. The molecule has 0 N–H and O–H groups in total. The molecule has 0 aliphatic heterocycles. The van der Waals surface area contributed by atoms with Gasteiger partial charge in [-0.3, -0.25) is 4.79 Å². The first-order chi connectivity index (χ1) is 10.5. The molecule has 0 bridgehead atoms. The van der Waals surface area contributed by atoms with Crippen molar-refractivity contribution in [2.45, 2.75) is 39.3 Å². The molecule has 1 aliphatic carbocycles. The van der Waals surface area contributed by atoms with Crippen molar-refractivity contribution in [3.63, 3.8) is 0 Å². The standard InChI is InChI=1S/C17H17ClFNO2/c1-10-8-13(11(2)22-10)17(21)20(12-6-7-12)9-14-15(18)4-3-5-16(14)19/h3-5,8,12H,6-7,9H2,1-2H3. The van der Waals surface area contributed by atoms with E-state index in [0.29, 0.717) is 27.7 Å². The van der Waals surface area contributed by atoms with Crippen LogP contribution in [0, 0.1) is 19.7 Å². The lowest BCUT2D eigenvalue weighted by Gasteiger charge is -2.23. The van der Waals surface area contributed by atoms with Crippen molar-refractivity contribution in [2.24, 2.45) is 0 Å². The zero-order valence-electron chi connectivity index (χ0n) is 12.5. The fourth-order valence-corrected chi connectivity index (χ4v) is 2.83. The second kappa shape index (κ2) is 5.76. The van der Waals surface area contributed by atoms with Crippen LogP contribution in [0.2, 0.25) is 5.02 Å². The smallest absolute Gasteiger partial charge is 0.257 e. The number of rotatable bonds is 4. The van der Waals surface area contributed by atoms with Gasteiger partial charge in [0.15, 0.2) is 0 Å². The SMILES string of the molecule is Cc1cc(C(=O)N(Cc2c(F)cccc2Cl)C2CC2)c(C)o1. The van der Waals surface area contributed by atoms with Crippen LogP contribution in [0.5, 0.6) is 0 Å². The van der Waals surface area contributed by atoms with Gasteiger partial charge < -0.3 is 9.32 Å². The molecule has 1 heterocycles. The highest BCUT2D eigenvalue weighted by Crippen LogP contribution is 2.32. The zero-order valence-corrected chi connectivity index (χ0v) is 13.3. The molecule has 2 aromatic rings. The van der Waals surface area contributed by atoms with Gasteiger partial charge in [0.05, 0.1) is 12.1 Å². The van der Waals surface area contributed by atoms with Crippen LogP contribution >= 0.6 is 11.6 Å². The quantitative estimate of drug-likeness (QED) is 0.831. The summed E-state index contributed by atoms with van der Waals surface area (Å²) in [5.41, 5.74) is 0.902. The molecule has 1 aromatic heterocycles. The first-order valence-electron chi connectivity index (χ1n) is 7.28. The van der Waals surface area contributed by atoms with E-state index in [4.69, 9.17) is 16.0 Å². The summed E-state index contributed by atoms with van der Waals surface area (Å²) in [6.07, 6.45) is 1.88. The summed E-state index contributed by atoms with van der Waals surface area (Å²) in [6, 6.07) is 6.45. The number of furan rings is 1. The normalized spacial score (nSPS) is 14.2. The van der Waals surface area contributed by atoms with Crippen molar-refractivity contribution in [2.75, 3.05) is 0 Å². The number of benzene rings is 1. The van der Waals surface area contributed by atoms with E-state index < -0.39 is 0 Å². The lowest BCUT2D eigenvalue weighted by atomic mass is 10.1. The number of hydrogen-bond acceptors (Lipinski definition) is 2. The topological polar surface area (TPSA) is 33.5 Å². The van der Waals surface area contributed by atoms with Crippen molar-refractivity contribution in [1.29, 1.82) is 0 Å². The van der Waals surface area contributed by atoms with Crippen LogP contribution in [-0.4, -0.2) is 16.8 Å². The lowest BCUT2D eigenvalue weighted by Crippen LogP contribution is -2.33. The molecular formula is C17H17ClFNO2. The highest BCUT2D eigenvalue weighted by Gasteiger charge is 2.35. The van der Waals surface area contributed by atoms with Crippen LogP contribution in [0.1, 0.15) is 40.3 Å². The number of aryl methyl sites for hydroxylation is 2. The van der Waals surface area contributed by atoms with Gasteiger partial charge in [0.1, 0.15) is 17.3 Å². The van der Waals surface area contributed by atoms with Crippen LogP contribution in [-0.2, 0) is 6.54 Å². The maximum absolute atomic E-state index is 14.0. The lowest BCUT2D eigenvalue weighted by molar-refractivity contribution is 0.0726. The molecule has 1 aromatic carbocycles. The number of nitrogens with zero attached hydrogens (tertiary/aromatic N) is 1. The Balaban J connectivity index is 1.91. The molecule has 1 saturated carbocycles. The first-order valence-corrected chi connectivity index (χ1v) is 7.66. The molecule has 3 nitrogen and oxygen atoms in total. The van der Waals surface area contributed by atoms with E-state index in [1.54, 1.807) is 36.9 Å². The third-order valence-electron chi connectivity index (χ3n) is 3.91. The fourth-order valence-electron chi connectivity index (χ4n) is 2.60. The second-order valence-corrected chi connectivity index (χ2v) is 6.10. The van der Waals surface area contributed by atoms with Gasteiger partial charge >= 0.3 is 0 Å². The molecule has 0 saturated heterocycles. The minimum atomic E-state index is -0.383. The van der Waals surface area contributed by atoms with E-state index in [1.165, 1.54) is 6.07 Å². The minimum absolute atomic E-state index is 0.129. The van der Waals surface area contributed by atoms with Gasteiger partial charge in [-0.05, 0) is 44.9 Å². The van der Waals surface area contributed by atoms with Gasteiger partial charge in [-0.15, -0.1) is 0 Å². The summed E-state index contributed by atoms with van der Waals surface area (Å²) >= 11 is 6.09. The largest absolute Gasteiger partial charge is 0.466 e. The Labute approximate surface area is 133 Å². The molecule has 3 rings (SSSR count). The Bertz CT molecular complexity index is 701. The van der Waals surface area contributed by atoms with Crippen molar-refractivity contribution in [3.05, 3.63) is 57.8 Å². The highest BCUT2D eigenvalue weighted by molar-refractivity contribution is 6.31. The maximum atomic E-state index is 14.0. The molecule has 22 heavy (non-hydrogen) atoms. The third-order valence-corrected chi connectivity index (χ3v) is 4.26. The number of hydrogen-bond donors (Lipinski definition) is 0. The van der Waals surface area contributed by atoms with E-state index in [0.717, 1.165) is 12.8 Å².